The molecule has 0 aliphatic rings. The Balaban J connectivity index is 2.77. The van der Waals surface area contributed by atoms with Crippen molar-refractivity contribution < 1.29 is 4.74 Å². The number of aromatic nitrogens is 2. The summed E-state index contributed by atoms with van der Waals surface area (Å²) in [6.45, 7) is 13.2. The van der Waals surface area contributed by atoms with Gasteiger partial charge in [-0.1, -0.05) is 6.92 Å². The maximum Gasteiger partial charge on any atom is 0.0738 e. The predicted molar refractivity (Wildman–Crippen MR) is 87.2 cm³/mol. The summed E-state index contributed by atoms with van der Waals surface area (Å²) in [6.07, 6.45) is 2.33. The molecule has 0 aliphatic carbocycles. The summed E-state index contributed by atoms with van der Waals surface area (Å²) in [5.74, 6) is 0. The Morgan fingerprint density at radius 2 is 2.05 bits per heavy atom. The second kappa shape index (κ2) is 8.80. The summed E-state index contributed by atoms with van der Waals surface area (Å²) in [6, 6.07) is 0.329. The number of hydrogen-bond donors (Lipinski definition) is 1. The smallest absolute Gasteiger partial charge is 0.0738 e. The second-order valence-electron chi connectivity index (χ2n) is 5.40. The molecule has 1 aromatic rings. The molecule has 0 bridgehead atoms. The standard InChI is InChI=1S/C15H28BrN3O/c1-6-8-17-13(10-20-11(3)4)9-14-15(16)12(5)18-19(14)7-2/h11,13,17H,6-10H2,1-5H3. The van der Waals surface area contributed by atoms with Crippen LogP contribution in [0, 0.1) is 6.92 Å². The fraction of sp³-hybridized carbons (Fsp3) is 0.800. The fourth-order valence-electron chi connectivity index (χ4n) is 2.14. The van der Waals surface area contributed by atoms with Gasteiger partial charge >= 0.3 is 0 Å². The Morgan fingerprint density at radius 1 is 1.35 bits per heavy atom. The van der Waals surface area contributed by atoms with Gasteiger partial charge in [-0.3, -0.25) is 4.68 Å². The lowest BCUT2D eigenvalue weighted by atomic mass is 10.1. The summed E-state index contributed by atoms with van der Waals surface area (Å²) < 4.78 is 9.00. The highest BCUT2D eigenvalue weighted by Crippen LogP contribution is 2.22. The summed E-state index contributed by atoms with van der Waals surface area (Å²) in [5.41, 5.74) is 2.31. The van der Waals surface area contributed by atoms with Gasteiger partial charge in [0.2, 0.25) is 0 Å². The van der Waals surface area contributed by atoms with E-state index in [-0.39, 0.29) is 6.10 Å². The monoisotopic (exact) mass is 345 g/mol. The third kappa shape index (κ3) is 5.19. The predicted octanol–water partition coefficient (Wildman–Crippen LogP) is 3.31. The summed E-state index contributed by atoms with van der Waals surface area (Å²) in [4.78, 5) is 0. The summed E-state index contributed by atoms with van der Waals surface area (Å²) >= 11 is 3.67. The zero-order chi connectivity index (χ0) is 15.1. The maximum absolute atomic E-state index is 5.79. The average molecular weight is 346 g/mol. The van der Waals surface area contributed by atoms with Crippen LogP contribution >= 0.6 is 15.9 Å². The van der Waals surface area contributed by atoms with Gasteiger partial charge in [0.15, 0.2) is 0 Å². The van der Waals surface area contributed by atoms with E-state index in [1.807, 2.05) is 6.92 Å². The van der Waals surface area contributed by atoms with Crippen molar-refractivity contribution in [1.29, 1.82) is 0 Å². The van der Waals surface area contributed by atoms with E-state index in [2.05, 4.69) is 58.7 Å². The van der Waals surface area contributed by atoms with E-state index in [0.717, 1.165) is 42.7 Å². The molecule has 0 saturated heterocycles. The first kappa shape index (κ1) is 17.7. The van der Waals surface area contributed by atoms with Gasteiger partial charge < -0.3 is 10.1 Å². The van der Waals surface area contributed by atoms with Gasteiger partial charge in [-0.25, -0.2) is 0 Å². The highest BCUT2D eigenvalue weighted by molar-refractivity contribution is 9.10. The molecule has 1 aromatic heterocycles. The number of aryl methyl sites for hydroxylation is 2. The number of nitrogens with zero attached hydrogens (tertiary/aromatic N) is 2. The molecule has 0 aliphatic heterocycles. The molecule has 1 rings (SSSR count). The van der Waals surface area contributed by atoms with Gasteiger partial charge in [0.25, 0.3) is 0 Å². The molecular formula is C15H28BrN3O. The average Bonchev–Trinajstić information content (AvgIpc) is 2.68. The Labute approximate surface area is 131 Å². The van der Waals surface area contributed by atoms with Gasteiger partial charge in [0.1, 0.15) is 0 Å². The van der Waals surface area contributed by atoms with Crippen molar-refractivity contribution in [2.24, 2.45) is 0 Å². The molecule has 0 spiro atoms. The molecule has 1 atom stereocenters. The molecule has 0 radical (unpaired) electrons. The van der Waals surface area contributed by atoms with E-state index in [0.29, 0.717) is 6.04 Å². The SMILES string of the molecule is CCCNC(COC(C)C)Cc1c(Br)c(C)nn1CC. The minimum atomic E-state index is 0.266. The van der Waals surface area contributed by atoms with Gasteiger partial charge in [-0.2, -0.15) is 5.10 Å². The summed E-state index contributed by atoms with van der Waals surface area (Å²) in [7, 11) is 0. The minimum absolute atomic E-state index is 0.266. The van der Waals surface area contributed by atoms with Crippen LogP contribution in [-0.4, -0.2) is 35.1 Å². The van der Waals surface area contributed by atoms with Crippen LogP contribution < -0.4 is 5.32 Å². The molecule has 1 unspecified atom stereocenters. The van der Waals surface area contributed by atoms with E-state index in [1.54, 1.807) is 0 Å². The van der Waals surface area contributed by atoms with Crippen LogP contribution in [-0.2, 0) is 17.7 Å². The second-order valence-corrected chi connectivity index (χ2v) is 6.19. The fourth-order valence-corrected chi connectivity index (χ4v) is 2.59. The van der Waals surface area contributed by atoms with Crippen LogP contribution in [0.5, 0.6) is 0 Å². The maximum atomic E-state index is 5.79. The molecular weight excluding hydrogens is 318 g/mol. The van der Waals surface area contributed by atoms with Gasteiger partial charge in [0.05, 0.1) is 28.6 Å². The topological polar surface area (TPSA) is 39.1 Å². The van der Waals surface area contributed by atoms with E-state index in [1.165, 1.54) is 5.69 Å². The van der Waals surface area contributed by atoms with Gasteiger partial charge in [-0.05, 0) is 56.6 Å². The summed E-state index contributed by atoms with van der Waals surface area (Å²) in [5, 5.41) is 8.13. The highest BCUT2D eigenvalue weighted by atomic mass is 79.9. The molecule has 0 fully saturated rings. The normalized spacial score (nSPS) is 13.2. The van der Waals surface area contributed by atoms with Crippen LogP contribution in [0.15, 0.2) is 4.47 Å². The third-order valence-corrected chi connectivity index (χ3v) is 4.24. The molecule has 1 N–H and O–H groups in total. The molecule has 0 aromatic carbocycles. The molecule has 0 saturated carbocycles. The minimum Gasteiger partial charge on any atom is -0.377 e. The van der Waals surface area contributed by atoms with Crippen molar-refractivity contribution in [1.82, 2.24) is 15.1 Å². The van der Waals surface area contributed by atoms with Crippen molar-refractivity contribution in [2.45, 2.75) is 66.2 Å². The Morgan fingerprint density at radius 3 is 2.60 bits per heavy atom. The van der Waals surface area contributed by atoms with Crippen LogP contribution in [0.3, 0.4) is 0 Å². The van der Waals surface area contributed by atoms with E-state index >= 15 is 0 Å². The number of rotatable bonds is 9. The number of hydrogen-bond acceptors (Lipinski definition) is 3. The lowest BCUT2D eigenvalue weighted by Crippen LogP contribution is -2.37. The third-order valence-electron chi connectivity index (χ3n) is 3.21. The van der Waals surface area contributed by atoms with Crippen LogP contribution in [0.4, 0.5) is 0 Å². The van der Waals surface area contributed by atoms with Crippen molar-refractivity contribution in [2.75, 3.05) is 13.2 Å². The Kier molecular flexibility index (Phi) is 7.77. The number of halogens is 1. The largest absolute Gasteiger partial charge is 0.377 e. The van der Waals surface area contributed by atoms with Crippen LogP contribution in [0.1, 0.15) is 45.5 Å². The first-order chi connectivity index (χ1) is 9.49. The Bertz CT molecular complexity index is 404. The molecule has 0 amide bonds. The first-order valence-corrected chi connectivity index (χ1v) is 8.35. The molecule has 1 heterocycles. The number of ether oxygens (including phenoxy) is 1. The molecule has 20 heavy (non-hydrogen) atoms. The zero-order valence-electron chi connectivity index (χ0n) is 13.4. The number of nitrogens with one attached hydrogen (secondary N) is 1. The molecule has 5 heteroatoms. The van der Waals surface area contributed by atoms with Crippen molar-refractivity contribution in [3.63, 3.8) is 0 Å². The van der Waals surface area contributed by atoms with Gasteiger partial charge in [-0.15, -0.1) is 0 Å². The van der Waals surface area contributed by atoms with E-state index in [9.17, 15) is 0 Å². The van der Waals surface area contributed by atoms with Crippen molar-refractivity contribution >= 4 is 15.9 Å². The van der Waals surface area contributed by atoms with Crippen molar-refractivity contribution in [3.8, 4) is 0 Å². The van der Waals surface area contributed by atoms with Gasteiger partial charge in [0, 0.05) is 19.0 Å². The molecule has 4 nitrogen and oxygen atoms in total. The van der Waals surface area contributed by atoms with Crippen LogP contribution in [0.2, 0.25) is 0 Å². The Hall–Kier alpha value is -0.390. The highest BCUT2D eigenvalue weighted by Gasteiger charge is 2.17. The van der Waals surface area contributed by atoms with E-state index in [4.69, 9.17) is 4.74 Å². The zero-order valence-corrected chi connectivity index (χ0v) is 15.0. The lowest BCUT2D eigenvalue weighted by Gasteiger charge is -2.20. The molecule has 116 valence electrons. The van der Waals surface area contributed by atoms with E-state index < -0.39 is 0 Å². The lowest BCUT2D eigenvalue weighted by molar-refractivity contribution is 0.0609. The van der Waals surface area contributed by atoms with Crippen LogP contribution in [0.25, 0.3) is 0 Å². The van der Waals surface area contributed by atoms with Crippen molar-refractivity contribution in [3.05, 3.63) is 15.9 Å². The first-order valence-electron chi connectivity index (χ1n) is 7.56. The quantitative estimate of drug-likeness (QED) is 0.746.